The van der Waals surface area contributed by atoms with Crippen LogP contribution in [0.5, 0.6) is 0 Å². The molecule has 9 heteroatoms. The Balaban J connectivity index is 2.18. The molecule has 0 aliphatic heterocycles. The van der Waals surface area contributed by atoms with Crippen molar-refractivity contribution in [3.8, 4) is 11.3 Å². The van der Waals surface area contributed by atoms with Crippen molar-refractivity contribution in [2.75, 3.05) is 19.4 Å². The number of hydrogen-bond acceptors (Lipinski definition) is 6. The summed E-state index contributed by atoms with van der Waals surface area (Å²) in [4.78, 5) is 27.4. The van der Waals surface area contributed by atoms with Gasteiger partial charge in [-0.15, -0.1) is 0 Å². The molecule has 2 aromatic rings. The van der Waals surface area contributed by atoms with Crippen LogP contribution in [0.25, 0.3) is 11.3 Å². The number of carbonyl (C=O) groups excluding carboxylic acids is 2. The van der Waals surface area contributed by atoms with Crippen LogP contribution in [0, 0.1) is 11.7 Å². The van der Waals surface area contributed by atoms with Crippen molar-refractivity contribution < 1.29 is 18.7 Å². The molecule has 0 unspecified atom stereocenters. The molecular formula is C15H18FN5O3. The van der Waals surface area contributed by atoms with E-state index in [9.17, 15) is 14.0 Å². The molecule has 1 atom stereocenters. The fourth-order valence-corrected chi connectivity index (χ4v) is 2.06. The maximum Gasteiger partial charge on any atom is 0.310 e. The van der Waals surface area contributed by atoms with Crippen LogP contribution in [-0.4, -0.2) is 40.3 Å². The maximum absolute atomic E-state index is 14.3. The molecule has 24 heavy (non-hydrogen) atoms. The van der Waals surface area contributed by atoms with E-state index in [4.69, 9.17) is 5.73 Å². The number of nitrogens with two attached hydrogens (primary N) is 1. The smallest absolute Gasteiger partial charge is 0.310 e. The summed E-state index contributed by atoms with van der Waals surface area (Å²) in [5.41, 5.74) is 6.14. The van der Waals surface area contributed by atoms with Gasteiger partial charge in [0.2, 0.25) is 0 Å². The number of ether oxygens (including phenoxy) is 1. The molecule has 0 aliphatic rings. The Bertz CT molecular complexity index is 774. The van der Waals surface area contributed by atoms with Crippen molar-refractivity contribution in [3.63, 3.8) is 0 Å². The molecule has 1 amide bonds. The Morgan fingerprint density at radius 2 is 2.21 bits per heavy atom. The highest BCUT2D eigenvalue weighted by Gasteiger charge is 2.19. The molecule has 0 fully saturated rings. The first-order valence-corrected chi connectivity index (χ1v) is 7.14. The molecule has 0 aromatic carbocycles. The summed E-state index contributed by atoms with van der Waals surface area (Å²) in [5, 5.41) is 6.44. The van der Waals surface area contributed by atoms with E-state index in [1.807, 2.05) is 0 Å². The van der Waals surface area contributed by atoms with Gasteiger partial charge in [-0.1, -0.05) is 6.92 Å². The second kappa shape index (κ2) is 7.07. The van der Waals surface area contributed by atoms with Crippen molar-refractivity contribution in [1.82, 2.24) is 20.1 Å². The van der Waals surface area contributed by atoms with Crippen LogP contribution < -0.4 is 11.1 Å². The largest absolute Gasteiger partial charge is 0.469 e. The Labute approximate surface area is 137 Å². The average molecular weight is 335 g/mol. The van der Waals surface area contributed by atoms with Crippen LogP contribution in [0.3, 0.4) is 0 Å². The minimum Gasteiger partial charge on any atom is -0.469 e. The SMILES string of the molecule is COC(=O)[C@H](C)CNC(=O)c1cc(F)c(-c2cnn(C)c2)nc1N. The van der Waals surface area contributed by atoms with Crippen LogP contribution in [0.4, 0.5) is 10.2 Å². The lowest BCUT2D eigenvalue weighted by atomic mass is 10.1. The molecule has 0 saturated heterocycles. The van der Waals surface area contributed by atoms with Crippen molar-refractivity contribution in [2.24, 2.45) is 13.0 Å². The van der Waals surface area contributed by atoms with E-state index >= 15 is 0 Å². The van der Waals surface area contributed by atoms with Crippen LogP contribution in [0.15, 0.2) is 18.5 Å². The van der Waals surface area contributed by atoms with Gasteiger partial charge in [0.05, 0.1) is 24.8 Å². The average Bonchev–Trinajstić information content (AvgIpc) is 2.99. The van der Waals surface area contributed by atoms with E-state index in [0.29, 0.717) is 5.56 Å². The van der Waals surface area contributed by atoms with E-state index in [-0.39, 0.29) is 23.6 Å². The predicted molar refractivity (Wildman–Crippen MR) is 84.3 cm³/mol. The Morgan fingerprint density at radius 3 is 2.79 bits per heavy atom. The summed E-state index contributed by atoms with van der Waals surface area (Å²) >= 11 is 0. The number of nitrogen functional groups attached to an aromatic ring is 1. The minimum atomic E-state index is -0.691. The summed E-state index contributed by atoms with van der Waals surface area (Å²) in [7, 11) is 2.95. The zero-order chi connectivity index (χ0) is 17.9. The number of aromatic nitrogens is 3. The van der Waals surface area contributed by atoms with Gasteiger partial charge >= 0.3 is 5.97 Å². The lowest BCUT2D eigenvalue weighted by Crippen LogP contribution is -2.32. The summed E-state index contributed by atoms with van der Waals surface area (Å²) in [6, 6.07) is 1.02. The minimum absolute atomic E-state index is 0.0140. The van der Waals surface area contributed by atoms with Gasteiger partial charge in [0.15, 0.2) is 5.82 Å². The van der Waals surface area contributed by atoms with Gasteiger partial charge in [-0.25, -0.2) is 9.37 Å². The number of rotatable bonds is 5. The van der Waals surface area contributed by atoms with Crippen LogP contribution in [0.2, 0.25) is 0 Å². The number of aryl methyl sites for hydroxylation is 1. The molecule has 0 saturated carbocycles. The summed E-state index contributed by atoms with van der Waals surface area (Å²) in [6.07, 6.45) is 3.03. The van der Waals surface area contributed by atoms with Gasteiger partial charge in [-0.3, -0.25) is 14.3 Å². The fraction of sp³-hybridized carbons (Fsp3) is 0.333. The first kappa shape index (κ1) is 17.4. The number of anilines is 1. The lowest BCUT2D eigenvalue weighted by molar-refractivity contribution is -0.144. The second-order valence-electron chi connectivity index (χ2n) is 5.29. The predicted octanol–water partition coefficient (Wildman–Crippen LogP) is 0.742. The van der Waals surface area contributed by atoms with Crippen LogP contribution in [-0.2, 0) is 16.6 Å². The Hall–Kier alpha value is -2.97. The number of halogens is 1. The Kier molecular flexibility index (Phi) is 5.12. The first-order valence-electron chi connectivity index (χ1n) is 7.14. The number of carbonyl (C=O) groups is 2. The van der Waals surface area contributed by atoms with Crippen molar-refractivity contribution >= 4 is 17.7 Å². The topological polar surface area (TPSA) is 112 Å². The van der Waals surface area contributed by atoms with Gasteiger partial charge in [0.1, 0.15) is 11.5 Å². The normalized spacial score (nSPS) is 11.8. The monoisotopic (exact) mass is 335 g/mol. The van der Waals surface area contributed by atoms with Crippen LogP contribution >= 0.6 is 0 Å². The molecule has 2 rings (SSSR count). The summed E-state index contributed by atoms with van der Waals surface area (Å²) in [6.45, 7) is 1.64. The highest BCUT2D eigenvalue weighted by Crippen LogP contribution is 2.23. The molecular weight excluding hydrogens is 317 g/mol. The summed E-state index contributed by atoms with van der Waals surface area (Å²) in [5.74, 6) is -2.42. The third kappa shape index (κ3) is 3.67. The maximum atomic E-state index is 14.3. The van der Waals surface area contributed by atoms with E-state index in [0.717, 1.165) is 6.07 Å². The number of methoxy groups -OCH3 is 1. The van der Waals surface area contributed by atoms with Crippen molar-refractivity contribution in [1.29, 1.82) is 0 Å². The van der Waals surface area contributed by atoms with E-state index in [2.05, 4.69) is 20.1 Å². The van der Waals surface area contributed by atoms with Crippen molar-refractivity contribution in [3.05, 3.63) is 29.8 Å². The molecule has 2 aromatic heterocycles. The van der Waals surface area contributed by atoms with E-state index in [1.165, 1.54) is 18.0 Å². The van der Waals surface area contributed by atoms with Gasteiger partial charge < -0.3 is 15.8 Å². The number of amides is 1. The molecule has 0 radical (unpaired) electrons. The number of nitrogens with zero attached hydrogens (tertiary/aromatic N) is 3. The van der Waals surface area contributed by atoms with E-state index in [1.54, 1.807) is 20.2 Å². The highest BCUT2D eigenvalue weighted by atomic mass is 19.1. The van der Waals surface area contributed by atoms with E-state index < -0.39 is 23.6 Å². The third-order valence-electron chi connectivity index (χ3n) is 3.40. The zero-order valence-electron chi connectivity index (χ0n) is 13.5. The fourth-order valence-electron chi connectivity index (χ4n) is 2.06. The van der Waals surface area contributed by atoms with Gasteiger partial charge in [0.25, 0.3) is 5.91 Å². The molecule has 128 valence electrons. The van der Waals surface area contributed by atoms with Crippen LogP contribution in [0.1, 0.15) is 17.3 Å². The number of nitrogens with one attached hydrogen (secondary N) is 1. The first-order chi connectivity index (χ1) is 11.3. The standard InChI is InChI=1S/C15H18FN5O3/c1-8(15(23)24-3)5-18-14(22)10-4-11(16)12(20-13(10)17)9-6-19-21(2)7-9/h4,6-8H,5H2,1-3H3,(H2,17,20)(H,18,22)/t8-/m1/s1. The molecule has 8 nitrogen and oxygen atoms in total. The van der Waals surface area contributed by atoms with Crippen molar-refractivity contribution in [2.45, 2.75) is 6.92 Å². The summed E-state index contributed by atoms with van der Waals surface area (Å²) < 4.78 is 20.3. The quantitative estimate of drug-likeness (QED) is 0.780. The van der Waals surface area contributed by atoms with Gasteiger partial charge in [0, 0.05) is 25.4 Å². The highest BCUT2D eigenvalue weighted by molar-refractivity contribution is 5.99. The molecule has 0 aliphatic carbocycles. The number of hydrogen-bond donors (Lipinski definition) is 2. The van der Waals surface area contributed by atoms with Gasteiger partial charge in [-0.05, 0) is 6.07 Å². The third-order valence-corrected chi connectivity index (χ3v) is 3.40. The second-order valence-corrected chi connectivity index (χ2v) is 5.29. The Morgan fingerprint density at radius 1 is 1.50 bits per heavy atom. The lowest BCUT2D eigenvalue weighted by Gasteiger charge is -2.12. The molecule has 2 heterocycles. The number of esters is 1. The molecule has 0 bridgehead atoms. The molecule has 3 N–H and O–H groups in total. The number of pyridine rings is 1. The zero-order valence-corrected chi connectivity index (χ0v) is 13.5. The molecule has 0 spiro atoms. The van der Waals surface area contributed by atoms with Gasteiger partial charge in [-0.2, -0.15) is 5.10 Å².